The summed E-state index contributed by atoms with van der Waals surface area (Å²) >= 11 is 0. The molecule has 1 spiro atoms. The van der Waals surface area contributed by atoms with Gasteiger partial charge in [-0.25, -0.2) is 0 Å². The van der Waals surface area contributed by atoms with Crippen LogP contribution in [0.15, 0.2) is 0 Å². The van der Waals surface area contributed by atoms with Crippen molar-refractivity contribution in [3.63, 3.8) is 0 Å². The Balaban J connectivity index is 1.83. The smallest absolute Gasteiger partial charge is 0.305 e. The summed E-state index contributed by atoms with van der Waals surface area (Å²) in [5, 5.41) is 10.0. The van der Waals surface area contributed by atoms with E-state index in [1.165, 1.54) is 7.11 Å². The highest BCUT2D eigenvalue weighted by molar-refractivity contribution is 5.83. The summed E-state index contributed by atoms with van der Waals surface area (Å²) in [4.78, 5) is 23.3. The lowest BCUT2D eigenvalue weighted by Gasteiger charge is -2.29. The van der Waals surface area contributed by atoms with E-state index in [1.54, 1.807) is 0 Å². The van der Waals surface area contributed by atoms with E-state index >= 15 is 0 Å². The average Bonchev–Trinajstić information content (AvgIpc) is 3.03. The first-order chi connectivity index (χ1) is 9.59. The number of esters is 1. The van der Waals surface area contributed by atoms with Crippen LogP contribution in [0.3, 0.4) is 0 Å². The van der Waals surface area contributed by atoms with Crippen LogP contribution in [0.2, 0.25) is 0 Å². The fourth-order valence-corrected chi connectivity index (χ4v) is 3.04. The number of carbonyl (C=O) groups is 2. The van der Waals surface area contributed by atoms with Gasteiger partial charge in [0, 0.05) is 19.3 Å². The minimum atomic E-state index is -0.904. The van der Waals surface area contributed by atoms with Crippen LogP contribution in [-0.2, 0) is 23.8 Å². The van der Waals surface area contributed by atoms with Gasteiger partial charge in [-0.2, -0.15) is 0 Å². The molecule has 1 saturated heterocycles. The summed E-state index contributed by atoms with van der Waals surface area (Å²) in [6, 6.07) is 0. The molecule has 114 valence electrons. The van der Waals surface area contributed by atoms with Crippen molar-refractivity contribution in [3.8, 4) is 0 Å². The number of hydrogen-bond acceptors (Lipinski definition) is 6. The van der Waals surface area contributed by atoms with Gasteiger partial charge in [-0.1, -0.05) is 0 Å². The highest BCUT2D eigenvalue weighted by Gasteiger charge is 2.55. The first-order valence-corrected chi connectivity index (χ1v) is 7.14. The maximum absolute atomic E-state index is 12.3. The Labute approximate surface area is 118 Å². The molecule has 1 saturated carbocycles. The Morgan fingerprint density at radius 2 is 1.90 bits per heavy atom. The minimum Gasteiger partial charge on any atom is -0.469 e. The molecule has 1 aliphatic heterocycles. The van der Waals surface area contributed by atoms with Crippen molar-refractivity contribution in [3.05, 3.63) is 0 Å². The average molecular weight is 286 g/mol. The monoisotopic (exact) mass is 286 g/mol. The molecule has 2 aliphatic rings. The number of methoxy groups -OCH3 is 1. The number of aliphatic hydroxyl groups excluding tert-OH is 1. The van der Waals surface area contributed by atoms with Crippen LogP contribution >= 0.6 is 0 Å². The molecule has 2 atom stereocenters. The molecule has 2 fully saturated rings. The van der Waals surface area contributed by atoms with Crippen LogP contribution in [0, 0.1) is 5.92 Å². The third kappa shape index (κ3) is 3.19. The summed E-state index contributed by atoms with van der Waals surface area (Å²) in [6.45, 7) is 0.942. The molecule has 2 rings (SSSR count). The van der Waals surface area contributed by atoms with Crippen molar-refractivity contribution in [2.75, 3.05) is 20.3 Å². The summed E-state index contributed by atoms with van der Waals surface area (Å²) in [5.74, 6) is -1.80. The number of Topliss-reactive ketones (excluding diaryl/α,β-unsaturated/α-hetero) is 1. The third-order valence-electron chi connectivity index (χ3n) is 4.05. The molecule has 1 N–H and O–H groups in total. The maximum Gasteiger partial charge on any atom is 0.305 e. The quantitative estimate of drug-likeness (QED) is 0.574. The van der Waals surface area contributed by atoms with Gasteiger partial charge >= 0.3 is 5.97 Å². The summed E-state index contributed by atoms with van der Waals surface area (Å²) in [5.41, 5.74) is 0. The van der Waals surface area contributed by atoms with Crippen molar-refractivity contribution in [1.82, 2.24) is 0 Å². The zero-order valence-corrected chi connectivity index (χ0v) is 11.8. The fourth-order valence-electron chi connectivity index (χ4n) is 3.04. The third-order valence-corrected chi connectivity index (χ3v) is 4.05. The van der Waals surface area contributed by atoms with Gasteiger partial charge in [0.05, 0.1) is 32.3 Å². The van der Waals surface area contributed by atoms with Crippen LogP contribution in [-0.4, -0.2) is 49.1 Å². The van der Waals surface area contributed by atoms with Gasteiger partial charge in [0.25, 0.3) is 0 Å². The van der Waals surface area contributed by atoms with Crippen LogP contribution in [0.4, 0.5) is 0 Å². The topological polar surface area (TPSA) is 82.1 Å². The second-order valence-corrected chi connectivity index (χ2v) is 5.34. The highest BCUT2D eigenvalue weighted by atomic mass is 16.7. The maximum atomic E-state index is 12.3. The molecule has 6 nitrogen and oxygen atoms in total. The number of ketones is 1. The van der Waals surface area contributed by atoms with E-state index in [4.69, 9.17) is 9.47 Å². The Bertz CT molecular complexity index is 361. The van der Waals surface area contributed by atoms with Crippen molar-refractivity contribution in [2.24, 2.45) is 5.92 Å². The molecular formula is C14H22O6. The van der Waals surface area contributed by atoms with E-state index in [2.05, 4.69) is 4.74 Å². The van der Waals surface area contributed by atoms with Gasteiger partial charge in [-0.15, -0.1) is 0 Å². The van der Waals surface area contributed by atoms with Crippen LogP contribution in [0.5, 0.6) is 0 Å². The van der Waals surface area contributed by atoms with Gasteiger partial charge in [0.1, 0.15) is 5.78 Å². The lowest BCUT2D eigenvalue weighted by Crippen LogP contribution is -2.43. The normalized spacial score (nSPS) is 27.9. The Hall–Kier alpha value is -0.980. The molecule has 0 aromatic carbocycles. The van der Waals surface area contributed by atoms with Crippen molar-refractivity contribution in [2.45, 2.75) is 50.4 Å². The number of ether oxygens (including phenoxy) is 3. The molecule has 6 heteroatoms. The predicted molar refractivity (Wildman–Crippen MR) is 68.9 cm³/mol. The first kappa shape index (κ1) is 15.4. The molecule has 1 aliphatic carbocycles. The van der Waals surface area contributed by atoms with Gasteiger partial charge in [-0.3, -0.25) is 9.59 Å². The number of rotatable bonds is 6. The SMILES string of the molecule is COC(=O)CCCCC(=O)[C@H]1[C@@H](O)CCC12OCCO2. The van der Waals surface area contributed by atoms with Crippen LogP contribution < -0.4 is 0 Å². The molecule has 0 aromatic rings. The highest BCUT2D eigenvalue weighted by Crippen LogP contribution is 2.43. The standard InChI is InChI=1S/C14H22O6/c1-18-12(17)5-3-2-4-10(15)13-11(16)6-7-14(13)19-8-9-20-14/h11,13,16H,2-9H2,1H3/t11-,13-/m0/s1. The summed E-state index contributed by atoms with van der Waals surface area (Å²) < 4.78 is 15.7. The van der Waals surface area contributed by atoms with Crippen LogP contribution in [0.25, 0.3) is 0 Å². The van der Waals surface area contributed by atoms with Gasteiger partial charge in [-0.05, 0) is 19.3 Å². The molecule has 20 heavy (non-hydrogen) atoms. The number of unbranched alkanes of at least 4 members (excludes halogenated alkanes) is 1. The van der Waals surface area contributed by atoms with E-state index in [0.29, 0.717) is 51.7 Å². The Morgan fingerprint density at radius 3 is 2.55 bits per heavy atom. The van der Waals surface area contributed by atoms with Gasteiger partial charge < -0.3 is 19.3 Å². The number of carbonyl (C=O) groups excluding carboxylic acids is 2. The molecule has 0 amide bonds. The lowest BCUT2D eigenvalue weighted by atomic mass is 9.91. The molecular weight excluding hydrogens is 264 g/mol. The summed E-state index contributed by atoms with van der Waals surface area (Å²) in [6.07, 6.45) is 2.25. The Kier molecular flexibility index (Phi) is 5.12. The zero-order chi connectivity index (χ0) is 14.6. The minimum absolute atomic E-state index is 0.0400. The van der Waals surface area contributed by atoms with Gasteiger partial charge in [0.15, 0.2) is 5.79 Å². The Morgan fingerprint density at radius 1 is 1.25 bits per heavy atom. The van der Waals surface area contributed by atoms with Crippen LogP contribution in [0.1, 0.15) is 38.5 Å². The zero-order valence-electron chi connectivity index (χ0n) is 11.8. The lowest BCUT2D eigenvalue weighted by molar-refractivity contribution is -0.193. The molecule has 0 bridgehead atoms. The first-order valence-electron chi connectivity index (χ1n) is 7.14. The van der Waals surface area contributed by atoms with E-state index in [0.717, 1.165) is 0 Å². The predicted octanol–water partition coefficient (Wildman–Crippen LogP) is 0.803. The van der Waals surface area contributed by atoms with Gasteiger partial charge in [0.2, 0.25) is 0 Å². The van der Waals surface area contributed by atoms with Crippen molar-refractivity contribution >= 4 is 11.8 Å². The second-order valence-electron chi connectivity index (χ2n) is 5.34. The number of hydrogen-bond donors (Lipinski definition) is 1. The van der Waals surface area contributed by atoms with E-state index in [-0.39, 0.29) is 11.8 Å². The van der Waals surface area contributed by atoms with E-state index in [9.17, 15) is 14.7 Å². The molecule has 0 radical (unpaired) electrons. The molecule has 1 heterocycles. The molecule has 0 aromatic heterocycles. The summed E-state index contributed by atoms with van der Waals surface area (Å²) in [7, 11) is 1.35. The second kappa shape index (κ2) is 6.65. The van der Waals surface area contributed by atoms with Crippen molar-refractivity contribution in [1.29, 1.82) is 0 Å². The largest absolute Gasteiger partial charge is 0.469 e. The van der Waals surface area contributed by atoms with E-state index < -0.39 is 17.8 Å². The molecule has 0 unspecified atom stereocenters. The van der Waals surface area contributed by atoms with Crippen molar-refractivity contribution < 1.29 is 28.9 Å². The number of aliphatic hydroxyl groups is 1. The van der Waals surface area contributed by atoms with E-state index in [1.807, 2.05) is 0 Å². The fraction of sp³-hybridized carbons (Fsp3) is 0.857.